The number of nitrogens with one attached hydrogen (secondary N) is 1. The second-order valence-corrected chi connectivity index (χ2v) is 7.77. The normalized spacial score (nSPS) is 15.7. The van der Waals surface area contributed by atoms with E-state index in [1.807, 2.05) is 0 Å². The van der Waals surface area contributed by atoms with Crippen molar-refractivity contribution < 1.29 is 0 Å². The molecule has 5 heteroatoms. The lowest BCUT2D eigenvalue weighted by Gasteiger charge is -2.36. The van der Waals surface area contributed by atoms with Crippen LogP contribution in [0.25, 0.3) is 0 Å². The smallest absolute Gasteiger partial charge is 0.173 e. The number of piperazine rings is 1. The summed E-state index contributed by atoms with van der Waals surface area (Å²) >= 11 is 7.36. The molecule has 0 atom stereocenters. The van der Waals surface area contributed by atoms with Crippen LogP contribution in [0.3, 0.4) is 0 Å². The molecule has 1 aliphatic rings. The number of hydrogen-bond donors (Lipinski definition) is 1. The maximum atomic E-state index is 5.59. The van der Waals surface area contributed by atoms with Crippen molar-refractivity contribution >= 4 is 34.4 Å². The van der Waals surface area contributed by atoms with Crippen molar-refractivity contribution in [1.29, 1.82) is 0 Å². The maximum Gasteiger partial charge on any atom is 0.173 e. The molecule has 0 aliphatic carbocycles. The Hall–Kier alpha value is -1.43. The van der Waals surface area contributed by atoms with Gasteiger partial charge in [-0.25, -0.2) is 0 Å². The molecule has 24 heavy (non-hydrogen) atoms. The first-order valence-corrected chi connectivity index (χ1v) is 9.86. The van der Waals surface area contributed by atoms with Crippen LogP contribution in [0, 0.1) is 0 Å². The molecular formula is C19H25N3S2. The van der Waals surface area contributed by atoms with Gasteiger partial charge in [-0.15, -0.1) is 0 Å². The van der Waals surface area contributed by atoms with Crippen molar-refractivity contribution in [2.45, 2.75) is 26.3 Å². The van der Waals surface area contributed by atoms with E-state index in [9.17, 15) is 0 Å². The highest BCUT2D eigenvalue weighted by Gasteiger charge is 2.19. The molecule has 0 spiro atoms. The number of thiocarbonyl (C=S) groups is 1. The summed E-state index contributed by atoms with van der Waals surface area (Å²) < 4.78 is 0. The van der Waals surface area contributed by atoms with Gasteiger partial charge in [0.15, 0.2) is 5.11 Å². The highest BCUT2D eigenvalue weighted by Crippen LogP contribution is 2.18. The van der Waals surface area contributed by atoms with Crippen LogP contribution in [0.4, 0.5) is 5.69 Å². The number of rotatable bonds is 4. The highest BCUT2D eigenvalue weighted by atomic mass is 32.1. The Kier molecular flexibility index (Phi) is 5.87. The minimum atomic E-state index is 0.558. The fourth-order valence-electron chi connectivity index (χ4n) is 2.90. The van der Waals surface area contributed by atoms with E-state index in [-0.39, 0.29) is 0 Å². The van der Waals surface area contributed by atoms with Crippen LogP contribution in [0.5, 0.6) is 0 Å². The first-order valence-electron chi connectivity index (χ1n) is 8.51. The molecule has 2 aromatic rings. The number of thiophene rings is 1. The minimum Gasteiger partial charge on any atom is -0.346 e. The van der Waals surface area contributed by atoms with Gasteiger partial charge >= 0.3 is 0 Å². The van der Waals surface area contributed by atoms with Crippen LogP contribution in [-0.4, -0.2) is 41.1 Å². The van der Waals surface area contributed by atoms with Crippen molar-refractivity contribution in [3.63, 3.8) is 0 Å². The minimum absolute atomic E-state index is 0.558. The predicted molar refractivity (Wildman–Crippen MR) is 108 cm³/mol. The zero-order valence-electron chi connectivity index (χ0n) is 14.4. The largest absolute Gasteiger partial charge is 0.346 e. The molecule has 0 radical (unpaired) electrons. The van der Waals surface area contributed by atoms with Crippen molar-refractivity contribution in [2.75, 3.05) is 31.5 Å². The number of benzene rings is 1. The zero-order valence-corrected chi connectivity index (χ0v) is 16.0. The lowest BCUT2D eigenvalue weighted by molar-refractivity contribution is 0.177. The third kappa shape index (κ3) is 4.56. The lowest BCUT2D eigenvalue weighted by Crippen LogP contribution is -2.49. The SMILES string of the molecule is CC(C)c1ccc(NC(=S)N2CCN(Cc3ccsc3)CC2)cc1. The summed E-state index contributed by atoms with van der Waals surface area (Å²) in [7, 11) is 0. The van der Waals surface area contributed by atoms with Crippen molar-refractivity contribution in [3.05, 3.63) is 52.2 Å². The molecule has 1 saturated heterocycles. The van der Waals surface area contributed by atoms with E-state index in [0.717, 1.165) is 43.5 Å². The van der Waals surface area contributed by atoms with Gasteiger partial charge in [0.1, 0.15) is 0 Å². The van der Waals surface area contributed by atoms with E-state index >= 15 is 0 Å². The van der Waals surface area contributed by atoms with E-state index in [1.54, 1.807) is 11.3 Å². The van der Waals surface area contributed by atoms with E-state index in [2.05, 4.69) is 70.1 Å². The van der Waals surface area contributed by atoms with Crippen LogP contribution < -0.4 is 5.32 Å². The fraction of sp³-hybridized carbons (Fsp3) is 0.421. The van der Waals surface area contributed by atoms with Gasteiger partial charge in [-0.1, -0.05) is 26.0 Å². The Balaban J connectivity index is 1.48. The summed E-state index contributed by atoms with van der Waals surface area (Å²) in [5, 5.41) is 8.60. The molecule has 0 bridgehead atoms. The molecule has 1 aromatic heterocycles. The summed E-state index contributed by atoms with van der Waals surface area (Å²) in [6, 6.07) is 10.8. The molecule has 3 nitrogen and oxygen atoms in total. The summed E-state index contributed by atoms with van der Waals surface area (Å²) in [6.07, 6.45) is 0. The van der Waals surface area contributed by atoms with Gasteiger partial charge in [0, 0.05) is 38.4 Å². The molecule has 3 rings (SSSR count). The van der Waals surface area contributed by atoms with Crippen LogP contribution >= 0.6 is 23.6 Å². The predicted octanol–water partition coefficient (Wildman–Crippen LogP) is 4.39. The van der Waals surface area contributed by atoms with Gasteiger partial charge in [0.05, 0.1) is 0 Å². The quantitative estimate of drug-likeness (QED) is 0.816. The molecule has 128 valence electrons. The summed E-state index contributed by atoms with van der Waals surface area (Å²) in [5.74, 6) is 0.558. The van der Waals surface area contributed by atoms with E-state index in [4.69, 9.17) is 12.2 Å². The molecule has 2 heterocycles. The first-order chi connectivity index (χ1) is 11.6. The van der Waals surface area contributed by atoms with Crippen LogP contribution in [-0.2, 0) is 6.54 Å². The molecule has 1 aromatic carbocycles. The Morgan fingerprint density at radius 2 is 1.83 bits per heavy atom. The number of nitrogens with zero attached hydrogens (tertiary/aromatic N) is 2. The second-order valence-electron chi connectivity index (χ2n) is 6.60. The van der Waals surface area contributed by atoms with E-state index in [1.165, 1.54) is 11.1 Å². The molecule has 0 amide bonds. The summed E-state index contributed by atoms with van der Waals surface area (Å²) in [5.41, 5.74) is 3.85. The van der Waals surface area contributed by atoms with E-state index in [0.29, 0.717) is 5.92 Å². The van der Waals surface area contributed by atoms with Gasteiger partial charge in [-0.3, -0.25) is 4.90 Å². The van der Waals surface area contributed by atoms with Crippen LogP contribution in [0.2, 0.25) is 0 Å². The monoisotopic (exact) mass is 359 g/mol. The molecule has 1 aliphatic heterocycles. The Morgan fingerprint density at radius 3 is 2.42 bits per heavy atom. The summed E-state index contributed by atoms with van der Waals surface area (Å²) in [6.45, 7) is 9.56. The standard InChI is InChI=1S/C19H25N3S2/c1-15(2)17-3-5-18(6-4-17)20-19(23)22-10-8-21(9-11-22)13-16-7-12-24-14-16/h3-7,12,14-15H,8-11,13H2,1-2H3,(H,20,23). The molecule has 1 N–H and O–H groups in total. The van der Waals surface area contributed by atoms with E-state index < -0.39 is 0 Å². The van der Waals surface area contributed by atoms with Gasteiger partial charge in [0.25, 0.3) is 0 Å². The Labute approximate surface area is 154 Å². The fourth-order valence-corrected chi connectivity index (χ4v) is 3.86. The maximum absolute atomic E-state index is 5.59. The van der Waals surface area contributed by atoms with Gasteiger partial charge in [-0.2, -0.15) is 11.3 Å². The van der Waals surface area contributed by atoms with Gasteiger partial charge in [-0.05, 0) is 58.2 Å². The first kappa shape index (κ1) is 17.4. The Morgan fingerprint density at radius 1 is 1.12 bits per heavy atom. The topological polar surface area (TPSA) is 18.5 Å². The third-order valence-electron chi connectivity index (χ3n) is 4.47. The summed E-state index contributed by atoms with van der Waals surface area (Å²) in [4.78, 5) is 4.77. The molecular weight excluding hydrogens is 334 g/mol. The zero-order chi connectivity index (χ0) is 16.9. The molecule has 0 unspecified atom stereocenters. The lowest BCUT2D eigenvalue weighted by atomic mass is 10.0. The Bertz CT molecular complexity index is 642. The molecule has 0 saturated carbocycles. The van der Waals surface area contributed by atoms with Crippen LogP contribution in [0.15, 0.2) is 41.1 Å². The average molecular weight is 360 g/mol. The van der Waals surface area contributed by atoms with Crippen molar-refractivity contribution in [3.8, 4) is 0 Å². The van der Waals surface area contributed by atoms with Gasteiger partial charge < -0.3 is 10.2 Å². The van der Waals surface area contributed by atoms with Gasteiger partial charge in [0.2, 0.25) is 0 Å². The van der Waals surface area contributed by atoms with Crippen molar-refractivity contribution in [1.82, 2.24) is 9.80 Å². The second kappa shape index (κ2) is 8.10. The van der Waals surface area contributed by atoms with Crippen LogP contribution in [0.1, 0.15) is 30.9 Å². The number of anilines is 1. The third-order valence-corrected chi connectivity index (χ3v) is 5.57. The average Bonchev–Trinajstić information content (AvgIpc) is 3.09. The highest BCUT2D eigenvalue weighted by molar-refractivity contribution is 7.80. The van der Waals surface area contributed by atoms with Crippen molar-refractivity contribution in [2.24, 2.45) is 0 Å². The number of hydrogen-bond acceptors (Lipinski definition) is 3. The molecule has 1 fully saturated rings.